The first-order chi connectivity index (χ1) is 12.7. The molecule has 4 rings (SSSR count). The maximum Gasteiger partial charge on any atom is 0.320 e. The Hall–Kier alpha value is -1.71. The molecule has 1 aliphatic heterocycles. The van der Waals surface area contributed by atoms with E-state index < -0.39 is 0 Å². The summed E-state index contributed by atoms with van der Waals surface area (Å²) in [5.74, 6) is 0.335. The summed E-state index contributed by atoms with van der Waals surface area (Å²) in [6, 6.07) is 6.79. The van der Waals surface area contributed by atoms with E-state index in [1.807, 2.05) is 11.0 Å². The van der Waals surface area contributed by atoms with Crippen LogP contribution in [0.4, 0.5) is 4.79 Å². The zero-order valence-corrected chi connectivity index (χ0v) is 15.8. The molecule has 1 N–H and O–H groups in total. The summed E-state index contributed by atoms with van der Waals surface area (Å²) in [4.78, 5) is 17.9. The minimum atomic E-state index is 0.220. The fourth-order valence-corrected chi connectivity index (χ4v) is 5.22. The molecule has 3 aliphatic rings. The molecule has 1 heterocycles. The Morgan fingerprint density at radius 2 is 1.58 bits per heavy atom. The largest absolute Gasteiger partial charge is 0.508 e. The van der Waals surface area contributed by atoms with Gasteiger partial charge in [0.05, 0.1) is 6.54 Å². The minimum Gasteiger partial charge on any atom is -0.508 e. The number of hydrogen-bond donors (Lipinski definition) is 1. The predicted octanol–water partition coefficient (Wildman–Crippen LogP) is 4.84. The number of fused-ring (bicyclic) bond motifs is 1. The molecule has 0 bridgehead atoms. The number of aromatic hydroxyl groups is 1. The lowest BCUT2D eigenvalue weighted by Crippen LogP contribution is -2.54. The summed E-state index contributed by atoms with van der Waals surface area (Å²) in [6.07, 6.45) is 13.2. The highest BCUT2D eigenvalue weighted by Crippen LogP contribution is 2.33. The predicted molar refractivity (Wildman–Crippen MR) is 103 cm³/mol. The van der Waals surface area contributed by atoms with Gasteiger partial charge in [0.25, 0.3) is 0 Å². The number of hydrogen-bond acceptors (Lipinski definition) is 2. The van der Waals surface area contributed by atoms with Crippen LogP contribution in [0.2, 0.25) is 0 Å². The normalized spacial score (nSPS) is 22.1. The average Bonchev–Trinajstić information content (AvgIpc) is 2.70. The van der Waals surface area contributed by atoms with E-state index in [4.69, 9.17) is 0 Å². The van der Waals surface area contributed by atoms with Crippen molar-refractivity contribution in [2.24, 2.45) is 0 Å². The highest BCUT2D eigenvalue weighted by Gasteiger charge is 2.36. The third-order valence-electron chi connectivity index (χ3n) is 6.68. The number of phenolic OH excluding ortho intramolecular Hbond substituents is 1. The van der Waals surface area contributed by atoms with Crippen molar-refractivity contribution in [3.8, 4) is 5.75 Å². The lowest BCUT2D eigenvalue weighted by Gasteiger charge is -2.44. The van der Waals surface area contributed by atoms with Crippen molar-refractivity contribution >= 4 is 6.03 Å². The second kappa shape index (κ2) is 7.89. The van der Waals surface area contributed by atoms with Crippen molar-refractivity contribution < 1.29 is 9.90 Å². The van der Waals surface area contributed by atoms with Gasteiger partial charge in [0.2, 0.25) is 0 Å². The van der Waals surface area contributed by atoms with E-state index in [1.165, 1.54) is 44.1 Å². The first-order valence-electron chi connectivity index (χ1n) is 10.6. The fraction of sp³-hybridized carbons (Fsp3) is 0.682. The summed E-state index contributed by atoms with van der Waals surface area (Å²) in [5.41, 5.74) is 2.13. The Morgan fingerprint density at radius 1 is 0.962 bits per heavy atom. The van der Waals surface area contributed by atoms with Crippen molar-refractivity contribution in [3.05, 3.63) is 29.3 Å². The van der Waals surface area contributed by atoms with E-state index in [1.54, 1.807) is 6.07 Å². The maximum absolute atomic E-state index is 13.6. The Bertz CT molecular complexity index is 615. The van der Waals surface area contributed by atoms with Crippen LogP contribution in [0.5, 0.6) is 5.75 Å². The molecule has 4 heteroatoms. The van der Waals surface area contributed by atoms with Gasteiger partial charge in [-0.25, -0.2) is 4.79 Å². The molecule has 1 aromatic carbocycles. The van der Waals surface area contributed by atoms with Gasteiger partial charge in [-0.15, -0.1) is 0 Å². The van der Waals surface area contributed by atoms with Gasteiger partial charge >= 0.3 is 6.03 Å². The molecule has 1 aromatic rings. The van der Waals surface area contributed by atoms with E-state index in [9.17, 15) is 9.90 Å². The first kappa shape index (κ1) is 17.7. The number of carbonyl (C=O) groups excluding carboxylic acids is 1. The molecule has 0 radical (unpaired) electrons. The fourth-order valence-electron chi connectivity index (χ4n) is 5.22. The van der Waals surface area contributed by atoms with E-state index in [-0.39, 0.29) is 6.03 Å². The van der Waals surface area contributed by atoms with Crippen LogP contribution >= 0.6 is 0 Å². The van der Waals surface area contributed by atoms with Crippen LogP contribution in [0.3, 0.4) is 0 Å². The SMILES string of the molecule is O=C(N1CCc2cccc(O)c2C1)N(C1CCCCC1)C1CCCCC1. The lowest BCUT2D eigenvalue weighted by atomic mass is 9.88. The van der Waals surface area contributed by atoms with Crippen LogP contribution in [0, 0.1) is 0 Å². The smallest absolute Gasteiger partial charge is 0.320 e. The van der Waals surface area contributed by atoms with E-state index in [0.29, 0.717) is 24.4 Å². The number of benzene rings is 1. The van der Waals surface area contributed by atoms with Crippen LogP contribution < -0.4 is 0 Å². The number of phenols is 1. The van der Waals surface area contributed by atoms with Gasteiger partial charge in [-0.05, 0) is 43.7 Å². The van der Waals surface area contributed by atoms with Crippen LogP contribution in [0.1, 0.15) is 75.3 Å². The number of amides is 2. The van der Waals surface area contributed by atoms with Gasteiger partial charge in [-0.3, -0.25) is 0 Å². The molecule has 0 aromatic heterocycles. The van der Waals surface area contributed by atoms with Gasteiger partial charge in [-0.2, -0.15) is 0 Å². The average molecular weight is 357 g/mol. The quantitative estimate of drug-likeness (QED) is 0.824. The standard InChI is InChI=1S/C22H32N2O2/c25-21-13-7-8-17-14-15-23(16-20(17)21)22(26)24(18-9-3-1-4-10-18)19-11-5-2-6-12-19/h7-8,13,18-19,25H,1-6,9-12,14-16H2. The molecule has 0 spiro atoms. The molecule has 0 atom stereocenters. The maximum atomic E-state index is 13.6. The van der Waals surface area contributed by atoms with Crippen LogP contribution in [0.15, 0.2) is 18.2 Å². The Morgan fingerprint density at radius 3 is 2.19 bits per heavy atom. The van der Waals surface area contributed by atoms with Crippen molar-refractivity contribution in [3.63, 3.8) is 0 Å². The summed E-state index contributed by atoms with van der Waals surface area (Å²) in [6.45, 7) is 1.32. The third kappa shape index (κ3) is 3.56. The van der Waals surface area contributed by atoms with Gasteiger partial charge in [-0.1, -0.05) is 50.7 Å². The monoisotopic (exact) mass is 356 g/mol. The third-order valence-corrected chi connectivity index (χ3v) is 6.68. The highest BCUT2D eigenvalue weighted by atomic mass is 16.3. The zero-order valence-electron chi connectivity index (χ0n) is 15.8. The van der Waals surface area contributed by atoms with Crippen molar-refractivity contribution in [1.82, 2.24) is 9.80 Å². The highest BCUT2D eigenvalue weighted by molar-refractivity contribution is 5.76. The van der Waals surface area contributed by atoms with Crippen LogP contribution in [-0.2, 0) is 13.0 Å². The second-order valence-corrected chi connectivity index (χ2v) is 8.36. The minimum absolute atomic E-state index is 0.220. The Labute approximate surface area is 157 Å². The van der Waals surface area contributed by atoms with Gasteiger partial charge in [0.1, 0.15) is 5.75 Å². The summed E-state index contributed by atoms with van der Waals surface area (Å²) >= 11 is 0. The summed E-state index contributed by atoms with van der Waals surface area (Å²) in [5, 5.41) is 10.2. The topological polar surface area (TPSA) is 43.8 Å². The summed E-state index contributed by atoms with van der Waals surface area (Å²) < 4.78 is 0. The molecule has 2 amide bonds. The van der Waals surface area contributed by atoms with E-state index >= 15 is 0 Å². The van der Waals surface area contributed by atoms with Crippen LogP contribution in [-0.4, -0.2) is 39.6 Å². The van der Waals surface area contributed by atoms with Crippen molar-refractivity contribution in [1.29, 1.82) is 0 Å². The van der Waals surface area contributed by atoms with E-state index in [0.717, 1.165) is 44.2 Å². The molecule has 26 heavy (non-hydrogen) atoms. The van der Waals surface area contributed by atoms with Gasteiger partial charge < -0.3 is 14.9 Å². The summed E-state index contributed by atoms with van der Waals surface area (Å²) in [7, 11) is 0. The van der Waals surface area contributed by atoms with Gasteiger partial charge in [0.15, 0.2) is 0 Å². The molecular formula is C22H32N2O2. The van der Waals surface area contributed by atoms with Gasteiger partial charge in [0, 0.05) is 24.2 Å². The molecular weight excluding hydrogens is 324 g/mol. The molecule has 2 saturated carbocycles. The first-order valence-corrected chi connectivity index (χ1v) is 10.6. The molecule has 142 valence electrons. The van der Waals surface area contributed by atoms with Crippen LogP contribution in [0.25, 0.3) is 0 Å². The Kier molecular flexibility index (Phi) is 5.37. The number of nitrogens with zero attached hydrogens (tertiary/aromatic N) is 2. The lowest BCUT2D eigenvalue weighted by molar-refractivity contribution is 0.0754. The molecule has 0 unspecified atom stereocenters. The Balaban J connectivity index is 1.55. The number of carbonyl (C=O) groups is 1. The van der Waals surface area contributed by atoms with E-state index in [2.05, 4.69) is 11.0 Å². The molecule has 4 nitrogen and oxygen atoms in total. The number of urea groups is 1. The zero-order chi connectivity index (χ0) is 17.9. The molecule has 2 fully saturated rings. The second-order valence-electron chi connectivity index (χ2n) is 8.36. The number of rotatable bonds is 2. The molecule has 0 saturated heterocycles. The van der Waals surface area contributed by atoms with Crippen molar-refractivity contribution in [2.45, 2.75) is 89.3 Å². The van der Waals surface area contributed by atoms with Crippen molar-refractivity contribution in [2.75, 3.05) is 6.54 Å². The molecule has 2 aliphatic carbocycles.